The van der Waals surface area contributed by atoms with Crippen LogP contribution in [0.25, 0.3) is 5.70 Å². The molecule has 0 saturated carbocycles. The maximum Gasteiger partial charge on any atom is 0.195 e. The van der Waals surface area contributed by atoms with E-state index in [1.807, 2.05) is 18.2 Å². The Morgan fingerprint density at radius 2 is 1.44 bits per heavy atom. The highest BCUT2D eigenvalue weighted by atomic mass is 16.5. The molecule has 0 fully saturated rings. The lowest BCUT2D eigenvalue weighted by atomic mass is 10.0. The quantitative estimate of drug-likeness (QED) is 0.740. The number of hydrogen-bond acceptors (Lipinski definition) is 3. The number of hydrogen-bond donors (Lipinski definition) is 1. The normalized spacial score (nSPS) is 21.5. The molecule has 2 aliphatic heterocycles. The molecule has 3 nitrogen and oxygen atoms in total. The molecule has 0 saturated heterocycles. The molecule has 5 rings (SSSR count). The van der Waals surface area contributed by atoms with Gasteiger partial charge in [-0.25, -0.2) is 0 Å². The zero-order chi connectivity index (χ0) is 16.6. The van der Waals surface area contributed by atoms with E-state index in [1.165, 1.54) is 11.1 Å². The van der Waals surface area contributed by atoms with Crippen molar-refractivity contribution in [3.05, 3.63) is 108 Å². The van der Waals surface area contributed by atoms with Crippen LogP contribution in [-0.4, -0.2) is 5.01 Å². The van der Waals surface area contributed by atoms with Crippen molar-refractivity contribution in [3.8, 4) is 5.75 Å². The van der Waals surface area contributed by atoms with Crippen molar-refractivity contribution in [2.45, 2.75) is 12.3 Å². The van der Waals surface area contributed by atoms with Crippen molar-refractivity contribution >= 4 is 5.70 Å². The minimum absolute atomic E-state index is 0.144. The van der Waals surface area contributed by atoms with E-state index >= 15 is 0 Å². The molecule has 2 aliphatic rings. The van der Waals surface area contributed by atoms with Gasteiger partial charge in [-0.2, -0.15) is 5.01 Å². The lowest BCUT2D eigenvalue weighted by molar-refractivity contribution is -0.0326. The zero-order valence-corrected chi connectivity index (χ0v) is 13.7. The predicted molar refractivity (Wildman–Crippen MR) is 98.4 cm³/mol. The minimum atomic E-state index is -0.168. The van der Waals surface area contributed by atoms with E-state index < -0.39 is 0 Å². The second-order valence-electron chi connectivity index (χ2n) is 6.33. The average molecular weight is 326 g/mol. The highest BCUT2D eigenvalue weighted by molar-refractivity contribution is 5.67. The number of benzene rings is 3. The monoisotopic (exact) mass is 326 g/mol. The molecular weight excluding hydrogens is 308 g/mol. The SMILES string of the molecule is C1=C(c2ccccc2)NN2[C@@H](c3ccccc3)Oc3ccccc3[C@H]12. The fourth-order valence-corrected chi connectivity index (χ4v) is 3.56. The molecule has 2 heterocycles. The maximum absolute atomic E-state index is 6.35. The van der Waals surface area contributed by atoms with Crippen LogP contribution in [0.15, 0.2) is 91.0 Å². The van der Waals surface area contributed by atoms with Gasteiger partial charge >= 0.3 is 0 Å². The number of fused-ring (bicyclic) bond motifs is 3. The van der Waals surface area contributed by atoms with E-state index in [4.69, 9.17) is 4.74 Å². The van der Waals surface area contributed by atoms with E-state index in [0.29, 0.717) is 0 Å². The van der Waals surface area contributed by atoms with Gasteiger partial charge in [-0.3, -0.25) is 0 Å². The first-order valence-corrected chi connectivity index (χ1v) is 8.53. The van der Waals surface area contributed by atoms with Gasteiger partial charge in [0.1, 0.15) is 5.75 Å². The summed E-state index contributed by atoms with van der Waals surface area (Å²) in [5.74, 6) is 0.949. The largest absolute Gasteiger partial charge is 0.469 e. The first-order valence-electron chi connectivity index (χ1n) is 8.53. The van der Waals surface area contributed by atoms with Crippen LogP contribution in [0.4, 0.5) is 0 Å². The van der Waals surface area contributed by atoms with Gasteiger partial charge in [-0.15, -0.1) is 0 Å². The summed E-state index contributed by atoms with van der Waals surface area (Å²) >= 11 is 0. The second-order valence-corrected chi connectivity index (χ2v) is 6.33. The predicted octanol–water partition coefficient (Wildman–Crippen LogP) is 4.68. The molecule has 0 spiro atoms. The number of hydrazine groups is 1. The first kappa shape index (κ1) is 14.3. The topological polar surface area (TPSA) is 24.5 Å². The summed E-state index contributed by atoms with van der Waals surface area (Å²) in [5, 5.41) is 2.19. The zero-order valence-electron chi connectivity index (χ0n) is 13.7. The third-order valence-corrected chi connectivity index (χ3v) is 4.77. The van der Waals surface area contributed by atoms with Gasteiger partial charge in [-0.1, -0.05) is 78.9 Å². The Morgan fingerprint density at radius 3 is 2.24 bits per heavy atom. The summed E-state index contributed by atoms with van der Waals surface area (Å²) in [6, 6.07) is 29.2. The van der Waals surface area contributed by atoms with E-state index in [1.54, 1.807) is 0 Å². The molecule has 3 heteroatoms. The third-order valence-electron chi connectivity index (χ3n) is 4.77. The molecule has 25 heavy (non-hydrogen) atoms. The molecule has 0 amide bonds. The van der Waals surface area contributed by atoms with Gasteiger partial charge < -0.3 is 10.2 Å². The van der Waals surface area contributed by atoms with Crippen molar-refractivity contribution in [1.29, 1.82) is 0 Å². The summed E-state index contributed by atoms with van der Waals surface area (Å²) in [5.41, 5.74) is 8.19. The molecule has 0 radical (unpaired) electrons. The molecule has 0 aliphatic carbocycles. The van der Waals surface area contributed by atoms with Crippen LogP contribution in [0, 0.1) is 0 Å². The highest BCUT2D eigenvalue weighted by Crippen LogP contribution is 2.45. The molecule has 0 bridgehead atoms. The molecule has 0 unspecified atom stereocenters. The van der Waals surface area contributed by atoms with Crippen molar-refractivity contribution < 1.29 is 4.74 Å². The highest BCUT2D eigenvalue weighted by Gasteiger charge is 2.39. The van der Waals surface area contributed by atoms with Crippen LogP contribution >= 0.6 is 0 Å². The third kappa shape index (κ3) is 2.41. The number of nitrogens with one attached hydrogen (secondary N) is 1. The van der Waals surface area contributed by atoms with E-state index in [-0.39, 0.29) is 12.3 Å². The van der Waals surface area contributed by atoms with Gasteiger partial charge in [0.2, 0.25) is 0 Å². The van der Waals surface area contributed by atoms with Crippen LogP contribution in [-0.2, 0) is 0 Å². The lowest BCUT2D eigenvalue weighted by Gasteiger charge is -2.38. The Bertz CT molecular complexity index is 921. The number of rotatable bonds is 2. The van der Waals surface area contributed by atoms with Crippen molar-refractivity contribution in [3.63, 3.8) is 0 Å². The Balaban J connectivity index is 1.60. The standard InChI is InChI=1S/C22H18N2O/c1-3-9-16(10-4-1)19-15-20-18-13-7-8-14-21(18)25-22(24(20)23-19)17-11-5-2-6-12-17/h1-15,20,22-23H/t20-,22+/m0/s1. The minimum Gasteiger partial charge on any atom is -0.469 e. The summed E-state index contributed by atoms with van der Waals surface area (Å²) in [7, 11) is 0. The van der Waals surface area contributed by atoms with Crippen LogP contribution in [0.5, 0.6) is 5.75 Å². The number of nitrogens with zero attached hydrogens (tertiary/aromatic N) is 1. The number of ether oxygens (including phenoxy) is 1. The van der Waals surface area contributed by atoms with E-state index in [9.17, 15) is 0 Å². The van der Waals surface area contributed by atoms with Crippen molar-refractivity contribution in [2.24, 2.45) is 0 Å². The molecule has 0 aromatic heterocycles. The molecule has 2 atom stereocenters. The average Bonchev–Trinajstić information content (AvgIpc) is 3.14. The molecule has 3 aromatic carbocycles. The van der Waals surface area contributed by atoms with Crippen LogP contribution in [0.2, 0.25) is 0 Å². The van der Waals surface area contributed by atoms with E-state index in [0.717, 1.165) is 17.0 Å². The maximum atomic E-state index is 6.35. The Kier molecular flexibility index (Phi) is 3.32. The molecule has 1 N–H and O–H groups in total. The molecule has 122 valence electrons. The smallest absolute Gasteiger partial charge is 0.195 e. The van der Waals surface area contributed by atoms with Gasteiger partial charge in [0.15, 0.2) is 6.23 Å². The summed E-state index contributed by atoms with van der Waals surface area (Å²) in [4.78, 5) is 0. The summed E-state index contributed by atoms with van der Waals surface area (Å²) in [6.45, 7) is 0. The fraction of sp³-hybridized carbons (Fsp3) is 0.0909. The lowest BCUT2D eigenvalue weighted by Crippen LogP contribution is -2.43. The fourth-order valence-electron chi connectivity index (χ4n) is 3.56. The Hall–Kier alpha value is -3.04. The second kappa shape index (κ2) is 5.80. The van der Waals surface area contributed by atoms with Gasteiger partial charge in [0.25, 0.3) is 0 Å². The summed E-state index contributed by atoms with van der Waals surface area (Å²) < 4.78 is 6.35. The molecular formula is C22H18N2O. The molecule has 3 aromatic rings. The van der Waals surface area contributed by atoms with Gasteiger partial charge in [0, 0.05) is 11.1 Å². The van der Waals surface area contributed by atoms with Crippen LogP contribution < -0.4 is 10.2 Å². The van der Waals surface area contributed by atoms with Crippen LogP contribution in [0.3, 0.4) is 0 Å². The number of para-hydroxylation sites is 1. The van der Waals surface area contributed by atoms with E-state index in [2.05, 4.69) is 83.2 Å². The van der Waals surface area contributed by atoms with Gasteiger partial charge in [-0.05, 0) is 17.7 Å². The Morgan fingerprint density at radius 1 is 0.760 bits per heavy atom. The van der Waals surface area contributed by atoms with Crippen molar-refractivity contribution in [1.82, 2.24) is 10.4 Å². The summed E-state index contributed by atoms with van der Waals surface area (Å²) in [6.07, 6.45) is 2.12. The van der Waals surface area contributed by atoms with Crippen LogP contribution in [0.1, 0.15) is 29.0 Å². The Labute approximate surface area is 147 Å². The van der Waals surface area contributed by atoms with Gasteiger partial charge in [0.05, 0.1) is 11.7 Å². The first-order chi connectivity index (χ1) is 12.4. The van der Waals surface area contributed by atoms with Crippen molar-refractivity contribution in [2.75, 3.05) is 0 Å².